The van der Waals surface area contributed by atoms with Crippen LogP contribution in [0.25, 0.3) is 0 Å². The van der Waals surface area contributed by atoms with Crippen LogP contribution in [0.15, 0.2) is 48.5 Å². The predicted octanol–water partition coefficient (Wildman–Crippen LogP) is 4.74. The second kappa shape index (κ2) is 6.09. The molecule has 0 heterocycles. The van der Waals surface area contributed by atoms with Crippen LogP contribution in [-0.4, -0.2) is 5.91 Å². The first kappa shape index (κ1) is 13.9. The van der Waals surface area contributed by atoms with Gasteiger partial charge >= 0.3 is 0 Å². The van der Waals surface area contributed by atoms with Crippen LogP contribution >= 0.6 is 23.2 Å². The molecule has 19 heavy (non-hydrogen) atoms. The number of amides is 1. The van der Waals surface area contributed by atoms with E-state index in [2.05, 4.69) is 5.32 Å². The summed E-state index contributed by atoms with van der Waals surface area (Å²) < 4.78 is 0. The van der Waals surface area contributed by atoms with Crippen molar-refractivity contribution < 1.29 is 4.79 Å². The molecule has 0 radical (unpaired) electrons. The molecule has 1 amide bonds. The third kappa shape index (κ3) is 3.72. The van der Waals surface area contributed by atoms with Gasteiger partial charge in [0.2, 0.25) is 5.91 Å². The summed E-state index contributed by atoms with van der Waals surface area (Å²) >= 11 is 11.8. The van der Waals surface area contributed by atoms with Crippen LogP contribution in [0.1, 0.15) is 18.4 Å². The molecule has 98 valence electrons. The monoisotopic (exact) mass is 293 g/mol. The molecular formula is C15H13Cl2NO. The highest BCUT2D eigenvalue weighted by Gasteiger charge is 2.15. The Morgan fingerprint density at radius 1 is 1.05 bits per heavy atom. The van der Waals surface area contributed by atoms with E-state index in [0.717, 1.165) is 5.56 Å². The Morgan fingerprint density at radius 3 is 2.21 bits per heavy atom. The zero-order chi connectivity index (χ0) is 13.8. The SMILES string of the molecule is CC(C(=O)Nc1cc(Cl)cc(Cl)c1)c1ccccc1. The molecule has 0 aliphatic heterocycles. The number of rotatable bonds is 3. The van der Waals surface area contributed by atoms with Gasteiger partial charge in [0.25, 0.3) is 0 Å². The highest BCUT2D eigenvalue weighted by atomic mass is 35.5. The molecule has 1 unspecified atom stereocenters. The average Bonchev–Trinajstić information content (AvgIpc) is 2.37. The molecule has 2 aromatic rings. The van der Waals surface area contributed by atoms with Crippen LogP contribution in [0.2, 0.25) is 10.0 Å². The number of carbonyl (C=O) groups excluding carboxylic acids is 1. The number of anilines is 1. The minimum Gasteiger partial charge on any atom is -0.325 e. The van der Waals surface area contributed by atoms with Gasteiger partial charge in [-0.15, -0.1) is 0 Å². The first-order valence-corrected chi connectivity index (χ1v) is 6.64. The standard InChI is InChI=1S/C15H13Cl2NO/c1-10(11-5-3-2-4-6-11)15(19)18-14-8-12(16)7-13(17)9-14/h2-10H,1H3,(H,18,19). The van der Waals surface area contributed by atoms with Gasteiger partial charge in [-0.05, 0) is 30.7 Å². The fourth-order valence-corrected chi connectivity index (χ4v) is 2.30. The van der Waals surface area contributed by atoms with E-state index >= 15 is 0 Å². The van der Waals surface area contributed by atoms with Crippen LogP contribution in [0.5, 0.6) is 0 Å². The van der Waals surface area contributed by atoms with Crippen LogP contribution < -0.4 is 5.32 Å². The lowest BCUT2D eigenvalue weighted by atomic mass is 10.0. The topological polar surface area (TPSA) is 29.1 Å². The van der Waals surface area contributed by atoms with E-state index in [-0.39, 0.29) is 11.8 Å². The van der Waals surface area contributed by atoms with Gasteiger partial charge in [-0.2, -0.15) is 0 Å². The van der Waals surface area contributed by atoms with Crippen molar-refractivity contribution in [2.45, 2.75) is 12.8 Å². The maximum atomic E-state index is 12.1. The minimum atomic E-state index is -0.237. The molecule has 0 saturated carbocycles. The molecule has 0 spiro atoms. The fourth-order valence-electron chi connectivity index (χ4n) is 1.77. The fraction of sp³-hybridized carbons (Fsp3) is 0.133. The summed E-state index contributed by atoms with van der Waals surface area (Å²) in [5, 5.41) is 3.81. The van der Waals surface area contributed by atoms with Crippen LogP contribution in [0.3, 0.4) is 0 Å². The third-order valence-electron chi connectivity index (χ3n) is 2.82. The Kier molecular flexibility index (Phi) is 4.46. The normalized spacial score (nSPS) is 11.9. The predicted molar refractivity (Wildman–Crippen MR) is 79.9 cm³/mol. The Labute approximate surface area is 122 Å². The number of benzene rings is 2. The van der Waals surface area contributed by atoms with Crippen molar-refractivity contribution in [2.24, 2.45) is 0 Å². The average molecular weight is 294 g/mol. The van der Waals surface area contributed by atoms with Crippen molar-refractivity contribution in [2.75, 3.05) is 5.32 Å². The van der Waals surface area contributed by atoms with E-state index < -0.39 is 0 Å². The zero-order valence-electron chi connectivity index (χ0n) is 10.4. The molecular weight excluding hydrogens is 281 g/mol. The summed E-state index contributed by atoms with van der Waals surface area (Å²) in [7, 11) is 0. The number of halogens is 2. The van der Waals surface area contributed by atoms with Gasteiger partial charge in [0.05, 0.1) is 5.92 Å². The van der Waals surface area contributed by atoms with E-state index in [9.17, 15) is 4.79 Å². The van der Waals surface area contributed by atoms with Gasteiger partial charge in [0, 0.05) is 15.7 Å². The second-order valence-corrected chi connectivity index (χ2v) is 5.15. The van der Waals surface area contributed by atoms with E-state index in [4.69, 9.17) is 23.2 Å². The Balaban J connectivity index is 2.13. The summed E-state index contributed by atoms with van der Waals surface area (Å²) in [6.45, 7) is 1.86. The maximum absolute atomic E-state index is 12.1. The summed E-state index contributed by atoms with van der Waals surface area (Å²) in [5.41, 5.74) is 1.57. The molecule has 2 nitrogen and oxygen atoms in total. The highest BCUT2D eigenvalue weighted by Crippen LogP contribution is 2.24. The van der Waals surface area contributed by atoms with E-state index in [1.807, 2.05) is 37.3 Å². The quantitative estimate of drug-likeness (QED) is 0.870. The maximum Gasteiger partial charge on any atom is 0.231 e. The molecule has 0 aromatic heterocycles. The van der Waals surface area contributed by atoms with Crippen LogP contribution in [-0.2, 0) is 4.79 Å². The molecule has 0 aliphatic rings. The van der Waals surface area contributed by atoms with Crippen molar-refractivity contribution in [3.8, 4) is 0 Å². The van der Waals surface area contributed by atoms with Gasteiger partial charge in [0.1, 0.15) is 0 Å². The van der Waals surface area contributed by atoms with Crippen LogP contribution in [0.4, 0.5) is 5.69 Å². The molecule has 0 aliphatic carbocycles. The van der Waals surface area contributed by atoms with Gasteiger partial charge in [-0.3, -0.25) is 4.79 Å². The van der Waals surface area contributed by atoms with Crippen molar-refractivity contribution in [1.82, 2.24) is 0 Å². The molecule has 0 fully saturated rings. The molecule has 1 atom stereocenters. The lowest BCUT2D eigenvalue weighted by Crippen LogP contribution is -2.18. The largest absolute Gasteiger partial charge is 0.325 e. The van der Waals surface area contributed by atoms with Crippen molar-refractivity contribution in [1.29, 1.82) is 0 Å². The van der Waals surface area contributed by atoms with Gasteiger partial charge in [-0.1, -0.05) is 53.5 Å². The Hall–Kier alpha value is -1.51. The first-order valence-electron chi connectivity index (χ1n) is 5.88. The van der Waals surface area contributed by atoms with Gasteiger partial charge < -0.3 is 5.32 Å². The lowest BCUT2D eigenvalue weighted by molar-refractivity contribution is -0.117. The van der Waals surface area contributed by atoms with E-state index in [0.29, 0.717) is 15.7 Å². The first-order chi connectivity index (χ1) is 9.06. The van der Waals surface area contributed by atoms with Crippen molar-refractivity contribution in [3.63, 3.8) is 0 Å². The zero-order valence-corrected chi connectivity index (χ0v) is 11.9. The number of hydrogen-bond donors (Lipinski definition) is 1. The molecule has 0 bridgehead atoms. The molecule has 2 aromatic carbocycles. The van der Waals surface area contributed by atoms with E-state index in [1.165, 1.54) is 0 Å². The molecule has 0 saturated heterocycles. The van der Waals surface area contributed by atoms with Gasteiger partial charge in [-0.25, -0.2) is 0 Å². The highest BCUT2D eigenvalue weighted by molar-refractivity contribution is 6.35. The van der Waals surface area contributed by atoms with Crippen molar-refractivity contribution >= 4 is 34.8 Å². The summed E-state index contributed by atoms with van der Waals surface area (Å²) in [6, 6.07) is 14.6. The summed E-state index contributed by atoms with van der Waals surface area (Å²) in [5.74, 6) is -0.330. The van der Waals surface area contributed by atoms with E-state index in [1.54, 1.807) is 18.2 Å². The molecule has 4 heteroatoms. The Bertz CT molecular complexity index is 564. The number of carbonyl (C=O) groups is 1. The smallest absolute Gasteiger partial charge is 0.231 e. The van der Waals surface area contributed by atoms with Crippen molar-refractivity contribution in [3.05, 3.63) is 64.1 Å². The lowest BCUT2D eigenvalue weighted by Gasteiger charge is -2.13. The number of nitrogens with one attached hydrogen (secondary N) is 1. The number of hydrogen-bond acceptors (Lipinski definition) is 1. The minimum absolute atomic E-state index is 0.0930. The molecule has 1 N–H and O–H groups in total. The Morgan fingerprint density at radius 2 is 1.63 bits per heavy atom. The third-order valence-corrected chi connectivity index (χ3v) is 3.26. The second-order valence-electron chi connectivity index (χ2n) is 4.28. The van der Waals surface area contributed by atoms with Crippen LogP contribution in [0, 0.1) is 0 Å². The summed E-state index contributed by atoms with van der Waals surface area (Å²) in [4.78, 5) is 12.1. The summed E-state index contributed by atoms with van der Waals surface area (Å²) in [6.07, 6.45) is 0. The van der Waals surface area contributed by atoms with Gasteiger partial charge in [0.15, 0.2) is 0 Å². The molecule has 2 rings (SSSR count).